The van der Waals surface area contributed by atoms with E-state index in [0.29, 0.717) is 13.1 Å². The lowest BCUT2D eigenvalue weighted by molar-refractivity contribution is 0.346. The van der Waals surface area contributed by atoms with Gasteiger partial charge < -0.3 is 0 Å². The number of hydrogen-bond acceptors (Lipinski definition) is 4. The fourth-order valence-electron chi connectivity index (χ4n) is 2.54. The summed E-state index contributed by atoms with van der Waals surface area (Å²) >= 11 is 0. The van der Waals surface area contributed by atoms with Crippen molar-refractivity contribution >= 4 is 20.0 Å². The van der Waals surface area contributed by atoms with E-state index in [9.17, 15) is 16.8 Å². The van der Waals surface area contributed by atoms with Gasteiger partial charge in [-0.05, 0) is 43.9 Å². The van der Waals surface area contributed by atoms with Crippen molar-refractivity contribution < 1.29 is 16.8 Å². The van der Waals surface area contributed by atoms with Crippen LogP contribution in [0.4, 0.5) is 0 Å². The highest BCUT2D eigenvalue weighted by molar-refractivity contribution is 7.90. The zero-order valence-corrected chi connectivity index (χ0v) is 13.9. The third-order valence-corrected chi connectivity index (χ3v) is 7.38. The van der Waals surface area contributed by atoms with Crippen molar-refractivity contribution in [1.29, 1.82) is 0 Å². The molecular formula is C14H20N2O4S2. The van der Waals surface area contributed by atoms with Gasteiger partial charge in [0.25, 0.3) is 0 Å². The van der Waals surface area contributed by atoms with Crippen molar-refractivity contribution in [3.05, 3.63) is 24.3 Å². The van der Waals surface area contributed by atoms with Crippen LogP contribution in [0.3, 0.4) is 0 Å². The van der Waals surface area contributed by atoms with Gasteiger partial charge in [-0.15, -0.1) is 0 Å². The molecule has 1 N–H and O–H groups in total. The number of rotatable bonds is 5. The highest BCUT2D eigenvalue weighted by Gasteiger charge is 2.30. The second kappa shape index (κ2) is 5.92. The Balaban J connectivity index is 1.89. The molecule has 6 nitrogen and oxygen atoms in total. The molecule has 122 valence electrons. The van der Waals surface area contributed by atoms with Gasteiger partial charge in [-0.3, -0.25) is 0 Å². The maximum absolute atomic E-state index is 12.6. The first-order valence-corrected chi connectivity index (χ1v) is 10.4. The first kappa shape index (κ1) is 15.9. The van der Waals surface area contributed by atoms with Crippen LogP contribution in [-0.4, -0.2) is 40.3 Å². The normalized spacial score (nSPS) is 20.9. The van der Waals surface area contributed by atoms with E-state index in [1.54, 1.807) is 0 Å². The molecule has 0 amide bonds. The van der Waals surface area contributed by atoms with Gasteiger partial charge in [0, 0.05) is 19.1 Å². The van der Waals surface area contributed by atoms with Gasteiger partial charge in [0.05, 0.1) is 9.79 Å². The highest BCUT2D eigenvalue weighted by atomic mass is 32.2. The molecule has 1 aromatic rings. The molecule has 0 bridgehead atoms. The van der Waals surface area contributed by atoms with Crippen LogP contribution < -0.4 is 4.72 Å². The Bertz CT molecular complexity index is 749. The largest absolute Gasteiger partial charge is 0.243 e. The maximum Gasteiger partial charge on any atom is 0.243 e. The summed E-state index contributed by atoms with van der Waals surface area (Å²) in [6, 6.07) is 5.62. The number of nitrogens with zero attached hydrogens (tertiary/aromatic N) is 1. The van der Waals surface area contributed by atoms with Crippen LogP contribution in [0, 0.1) is 0 Å². The van der Waals surface area contributed by atoms with E-state index in [1.165, 1.54) is 28.6 Å². The van der Waals surface area contributed by atoms with Crippen molar-refractivity contribution in [3.63, 3.8) is 0 Å². The first-order valence-electron chi connectivity index (χ1n) is 7.52. The van der Waals surface area contributed by atoms with Gasteiger partial charge in [-0.25, -0.2) is 21.6 Å². The van der Waals surface area contributed by atoms with Gasteiger partial charge in [-0.1, -0.05) is 12.5 Å². The molecule has 3 rings (SSSR count). The quantitative estimate of drug-likeness (QED) is 0.873. The summed E-state index contributed by atoms with van der Waals surface area (Å²) in [6.07, 6.45) is 4.41. The van der Waals surface area contributed by atoms with Gasteiger partial charge in [0.1, 0.15) is 0 Å². The van der Waals surface area contributed by atoms with Crippen LogP contribution in [0.25, 0.3) is 0 Å². The van der Waals surface area contributed by atoms with Crippen LogP contribution in [0.1, 0.15) is 32.1 Å². The predicted molar refractivity (Wildman–Crippen MR) is 82.4 cm³/mol. The SMILES string of the molecule is O=S(=O)(NC1CC1)c1cccc(S(=O)(=O)N2CCCCC2)c1. The molecule has 2 aliphatic rings. The van der Waals surface area contributed by atoms with Crippen LogP contribution in [0.15, 0.2) is 34.1 Å². The average Bonchev–Trinajstić information content (AvgIpc) is 3.31. The van der Waals surface area contributed by atoms with Gasteiger partial charge >= 0.3 is 0 Å². The van der Waals surface area contributed by atoms with Crippen LogP contribution in [0.5, 0.6) is 0 Å². The van der Waals surface area contributed by atoms with E-state index in [4.69, 9.17) is 0 Å². The van der Waals surface area contributed by atoms with E-state index in [-0.39, 0.29) is 15.8 Å². The lowest BCUT2D eigenvalue weighted by atomic mass is 10.2. The fraction of sp³-hybridized carbons (Fsp3) is 0.571. The third kappa shape index (κ3) is 3.34. The Morgan fingerprint density at radius 2 is 1.59 bits per heavy atom. The Morgan fingerprint density at radius 1 is 0.955 bits per heavy atom. The molecule has 0 atom stereocenters. The topological polar surface area (TPSA) is 83.5 Å². The minimum absolute atomic E-state index is 0.00708. The molecule has 1 saturated heterocycles. The molecule has 0 radical (unpaired) electrons. The summed E-state index contributed by atoms with van der Waals surface area (Å²) < 4.78 is 53.7. The van der Waals surface area contributed by atoms with Crippen molar-refractivity contribution in [1.82, 2.24) is 9.03 Å². The average molecular weight is 344 g/mol. The van der Waals surface area contributed by atoms with Gasteiger partial charge in [0.15, 0.2) is 0 Å². The van der Waals surface area contributed by atoms with Crippen molar-refractivity contribution in [2.24, 2.45) is 0 Å². The predicted octanol–water partition coefficient (Wildman–Crippen LogP) is 1.30. The molecule has 8 heteroatoms. The van der Waals surface area contributed by atoms with Crippen molar-refractivity contribution in [2.45, 2.75) is 47.9 Å². The minimum Gasteiger partial charge on any atom is -0.208 e. The molecule has 1 aliphatic heterocycles. The summed E-state index contributed by atoms with van der Waals surface area (Å²) in [6.45, 7) is 0.999. The molecule has 1 aliphatic carbocycles. The van der Waals surface area contributed by atoms with Crippen LogP contribution in [0.2, 0.25) is 0 Å². The molecule has 0 unspecified atom stereocenters. The molecular weight excluding hydrogens is 324 g/mol. The number of benzene rings is 1. The zero-order chi connectivity index (χ0) is 15.8. The summed E-state index contributed by atoms with van der Waals surface area (Å²) in [5.74, 6) is 0. The van der Waals surface area contributed by atoms with E-state index in [2.05, 4.69) is 4.72 Å². The molecule has 2 fully saturated rings. The van der Waals surface area contributed by atoms with Crippen LogP contribution >= 0.6 is 0 Å². The summed E-state index contributed by atoms with van der Waals surface area (Å²) in [5.41, 5.74) is 0. The highest BCUT2D eigenvalue weighted by Crippen LogP contribution is 2.25. The van der Waals surface area contributed by atoms with Crippen LogP contribution in [-0.2, 0) is 20.0 Å². The number of hydrogen-bond donors (Lipinski definition) is 1. The summed E-state index contributed by atoms with van der Waals surface area (Å²) in [7, 11) is -7.26. The maximum atomic E-state index is 12.6. The Morgan fingerprint density at radius 3 is 2.23 bits per heavy atom. The minimum atomic E-state index is -3.64. The lowest BCUT2D eigenvalue weighted by Crippen LogP contribution is -2.35. The lowest BCUT2D eigenvalue weighted by Gasteiger charge is -2.26. The van der Waals surface area contributed by atoms with Crippen molar-refractivity contribution in [3.8, 4) is 0 Å². The zero-order valence-electron chi connectivity index (χ0n) is 12.2. The van der Waals surface area contributed by atoms with E-state index in [0.717, 1.165) is 32.1 Å². The number of sulfonamides is 2. The molecule has 22 heavy (non-hydrogen) atoms. The monoisotopic (exact) mass is 344 g/mol. The Hall–Kier alpha value is -0.960. The van der Waals surface area contributed by atoms with E-state index in [1.807, 2.05) is 0 Å². The number of piperidine rings is 1. The van der Waals surface area contributed by atoms with E-state index >= 15 is 0 Å². The second-order valence-electron chi connectivity index (χ2n) is 5.84. The van der Waals surface area contributed by atoms with Gasteiger partial charge in [0.2, 0.25) is 20.0 Å². The van der Waals surface area contributed by atoms with Gasteiger partial charge in [-0.2, -0.15) is 4.31 Å². The standard InChI is InChI=1S/C14H20N2O4S2/c17-21(18,15-12-7-8-12)13-5-4-6-14(11-13)22(19,20)16-9-2-1-3-10-16/h4-6,11-12,15H,1-3,7-10H2. The molecule has 1 aromatic carbocycles. The molecule has 1 heterocycles. The Kier molecular flexibility index (Phi) is 4.28. The fourth-order valence-corrected chi connectivity index (χ4v) is 5.53. The second-order valence-corrected chi connectivity index (χ2v) is 9.49. The first-order chi connectivity index (χ1) is 10.4. The molecule has 1 saturated carbocycles. The Labute approximate surface area is 131 Å². The molecule has 0 aromatic heterocycles. The smallest absolute Gasteiger partial charge is 0.208 e. The molecule has 0 spiro atoms. The summed E-state index contributed by atoms with van der Waals surface area (Å²) in [4.78, 5) is 0.0607. The van der Waals surface area contributed by atoms with E-state index < -0.39 is 20.0 Å². The summed E-state index contributed by atoms with van der Waals surface area (Å²) in [5, 5.41) is 0. The third-order valence-electron chi connectivity index (χ3n) is 3.97. The number of nitrogens with one attached hydrogen (secondary N) is 1. The van der Waals surface area contributed by atoms with Crippen molar-refractivity contribution in [2.75, 3.05) is 13.1 Å².